The predicted molar refractivity (Wildman–Crippen MR) is 60.8 cm³/mol. The van der Waals surface area contributed by atoms with Crippen molar-refractivity contribution in [2.75, 3.05) is 27.4 Å². The van der Waals surface area contributed by atoms with Gasteiger partial charge in [-0.05, 0) is 13.8 Å². The van der Waals surface area contributed by atoms with Crippen LogP contribution in [-0.2, 0) is 23.8 Å². The summed E-state index contributed by atoms with van der Waals surface area (Å²) in [6.07, 6.45) is -0.921. The molecule has 0 bridgehead atoms. The number of ketones is 2. The summed E-state index contributed by atoms with van der Waals surface area (Å²) in [5.74, 6) is -0.699. The molecule has 1 fully saturated rings. The van der Waals surface area contributed by atoms with Crippen LogP contribution in [-0.4, -0.2) is 51.2 Å². The second-order valence-electron chi connectivity index (χ2n) is 4.42. The van der Waals surface area contributed by atoms with Gasteiger partial charge in [-0.15, -0.1) is 0 Å². The Balaban J connectivity index is 2.91. The summed E-state index contributed by atoms with van der Waals surface area (Å²) in [5.41, 5.74) is 0. The van der Waals surface area contributed by atoms with Gasteiger partial charge < -0.3 is 14.2 Å². The van der Waals surface area contributed by atoms with Gasteiger partial charge in [0.2, 0.25) is 0 Å². The monoisotopic (exact) mass is 244 g/mol. The van der Waals surface area contributed by atoms with Gasteiger partial charge in [0.15, 0.2) is 5.78 Å². The highest BCUT2D eigenvalue weighted by Gasteiger charge is 2.48. The number of methoxy groups -OCH3 is 2. The first-order chi connectivity index (χ1) is 8.02. The van der Waals surface area contributed by atoms with Crippen LogP contribution >= 0.6 is 0 Å². The molecule has 1 aliphatic heterocycles. The molecule has 4 unspecified atom stereocenters. The van der Waals surface area contributed by atoms with Crippen molar-refractivity contribution in [3.05, 3.63) is 0 Å². The molecular weight excluding hydrogens is 224 g/mol. The fourth-order valence-electron chi connectivity index (χ4n) is 2.42. The lowest BCUT2D eigenvalue weighted by Gasteiger charge is -2.20. The molecule has 4 atom stereocenters. The van der Waals surface area contributed by atoms with E-state index in [1.807, 2.05) is 0 Å². The molecule has 1 rings (SSSR count). The molecule has 0 amide bonds. The van der Waals surface area contributed by atoms with E-state index in [1.54, 1.807) is 14.2 Å². The average Bonchev–Trinajstić information content (AvgIpc) is 2.59. The van der Waals surface area contributed by atoms with Crippen LogP contribution in [0.15, 0.2) is 0 Å². The third-order valence-corrected chi connectivity index (χ3v) is 3.15. The minimum Gasteiger partial charge on any atom is -0.384 e. The average molecular weight is 244 g/mol. The van der Waals surface area contributed by atoms with Crippen molar-refractivity contribution in [2.24, 2.45) is 11.8 Å². The number of rotatable bonds is 6. The molecule has 0 N–H and O–H groups in total. The van der Waals surface area contributed by atoms with Crippen LogP contribution < -0.4 is 0 Å². The highest BCUT2D eigenvalue weighted by Crippen LogP contribution is 2.34. The summed E-state index contributed by atoms with van der Waals surface area (Å²) >= 11 is 0. The summed E-state index contributed by atoms with van der Waals surface area (Å²) in [6, 6.07) is 0. The third kappa shape index (κ3) is 3.12. The normalized spacial score (nSPS) is 32.7. The molecule has 5 heteroatoms. The molecule has 1 heterocycles. The van der Waals surface area contributed by atoms with E-state index in [-0.39, 0.29) is 23.6 Å². The zero-order valence-electron chi connectivity index (χ0n) is 10.8. The first kappa shape index (κ1) is 14.3. The molecule has 0 aliphatic carbocycles. The summed E-state index contributed by atoms with van der Waals surface area (Å²) in [7, 11) is 3.14. The van der Waals surface area contributed by atoms with Crippen LogP contribution in [0.25, 0.3) is 0 Å². The number of ether oxygens (including phenoxy) is 3. The maximum absolute atomic E-state index is 11.7. The van der Waals surface area contributed by atoms with Crippen LogP contribution in [0.4, 0.5) is 0 Å². The Morgan fingerprint density at radius 1 is 1.06 bits per heavy atom. The number of carbonyl (C=O) groups is 2. The van der Waals surface area contributed by atoms with Gasteiger partial charge in [0.25, 0.3) is 0 Å². The van der Waals surface area contributed by atoms with Crippen LogP contribution in [0.3, 0.4) is 0 Å². The van der Waals surface area contributed by atoms with Crippen LogP contribution in [0.5, 0.6) is 0 Å². The van der Waals surface area contributed by atoms with Crippen LogP contribution in [0.1, 0.15) is 13.8 Å². The molecule has 0 aromatic carbocycles. The summed E-state index contributed by atoms with van der Waals surface area (Å²) in [6.45, 7) is 3.69. The molecule has 0 saturated carbocycles. The summed E-state index contributed by atoms with van der Waals surface area (Å²) < 4.78 is 15.8. The predicted octanol–water partition coefficient (Wildman–Crippen LogP) is 0.457. The molecule has 5 nitrogen and oxygen atoms in total. The maximum atomic E-state index is 11.7. The molecule has 1 aliphatic rings. The van der Waals surface area contributed by atoms with Crippen LogP contribution in [0.2, 0.25) is 0 Å². The van der Waals surface area contributed by atoms with Crippen molar-refractivity contribution in [3.8, 4) is 0 Å². The first-order valence-electron chi connectivity index (χ1n) is 5.67. The Labute approximate surface area is 101 Å². The van der Waals surface area contributed by atoms with E-state index in [1.165, 1.54) is 13.8 Å². The van der Waals surface area contributed by atoms with Crippen LogP contribution in [0, 0.1) is 11.8 Å². The van der Waals surface area contributed by atoms with E-state index in [9.17, 15) is 9.59 Å². The lowest BCUT2D eigenvalue weighted by molar-refractivity contribution is -0.135. The van der Waals surface area contributed by atoms with E-state index >= 15 is 0 Å². The van der Waals surface area contributed by atoms with Gasteiger partial charge in [0.05, 0.1) is 25.2 Å². The molecule has 0 aromatic rings. The minimum atomic E-state index is -0.659. The topological polar surface area (TPSA) is 61.8 Å². The molecule has 0 radical (unpaired) electrons. The van der Waals surface area contributed by atoms with E-state index in [4.69, 9.17) is 14.2 Å². The molecule has 0 spiro atoms. The largest absolute Gasteiger partial charge is 0.384 e. The van der Waals surface area contributed by atoms with Gasteiger partial charge in [-0.2, -0.15) is 0 Å². The number of carbonyl (C=O) groups excluding carboxylic acids is 2. The zero-order valence-corrected chi connectivity index (χ0v) is 10.8. The number of hydrogen-bond donors (Lipinski definition) is 0. The van der Waals surface area contributed by atoms with Crippen molar-refractivity contribution < 1.29 is 23.8 Å². The summed E-state index contributed by atoms with van der Waals surface area (Å²) in [4.78, 5) is 23.2. The second-order valence-corrected chi connectivity index (χ2v) is 4.42. The van der Waals surface area contributed by atoms with Gasteiger partial charge in [0, 0.05) is 20.1 Å². The van der Waals surface area contributed by atoms with Crippen molar-refractivity contribution in [1.29, 1.82) is 0 Å². The minimum absolute atomic E-state index is 0.0362. The third-order valence-electron chi connectivity index (χ3n) is 3.15. The Morgan fingerprint density at radius 2 is 1.65 bits per heavy atom. The zero-order chi connectivity index (χ0) is 13.0. The second kappa shape index (κ2) is 6.23. The van der Waals surface area contributed by atoms with E-state index < -0.39 is 12.0 Å². The SMILES string of the molecule is COCC1OC(C(C)=O)C(C(C)=O)C1COC. The first-order valence-corrected chi connectivity index (χ1v) is 5.67. The molecule has 98 valence electrons. The smallest absolute Gasteiger partial charge is 0.159 e. The van der Waals surface area contributed by atoms with Gasteiger partial charge in [0.1, 0.15) is 11.9 Å². The highest BCUT2D eigenvalue weighted by molar-refractivity contribution is 5.90. The molecule has 1 saturated heterocycles. The molecular formula is C12H20O5. The Hall–Kier alpha value is -0.780. The van der Waals surface area contributed by atoms with Gasteiger partial charge in [-0.25, -0.2) is 0 Å². The molecule has 17 heavy (non-hydrogen) atoms. The number of Topliss-reactive ketones (excluding diaryl/α,β-unsaturated/α-hetero) is 2. The van der Waals surface area contributed by atoms with Crippen molar-refractivity contribution in [1.82, 2.24) is 0 Å². The van der Waals surface area contributed by atoms with Crippen molar-refractivity contribution in [2.45, 2.75) is 26.1 Å². The van der Waals surface area contributed by atoms with Gasteiger partial charge >= 0.3 is 0 Å². The summed E-state index contributed by atoms with van der Waals surface area (Å²) in [5, 5.41) is 0. The van der Waals surface area contributed by atoms with Crippen molar-refractivity contribution >= 4 is 11.6 Å². The number of hydrogen-bond acceptors (Lipinski definition) is 5. The van der Waals surface area contributed by atoms with Crippen molar-refractivity contribution in [3.63, 3.8) is 0 Å². The van der Waals surface area contributed by atoms with E-state index in [2.05, 4.69) is 0 Å². The lowest BCUT2D eigenvalue weighted by atomic mass is 9.84. The Kier molecular flexibility index (Phi) is 5.24. The lowest BCUT2D eigenvalue weighted by Crippen LogP contribution is -2.34. The fraction of sp³-hybridized carbons (Fsp3) is 0.833. The van der Waals surface area contributed by atoms with E-state index in [0.717, 1.165) is 0 Å². The van der Waals surface area contributed by atoms with Gasteiger partial charge in [-0.3, -0.25) is 9.59 Å². The van der Waals surface area contributed by atoms with Gasteiger partial charge in [-0.1, -0.05) is 0 Å². The Bertz CT molecular complexity index is 289. The van der Waals surface area contributed by atoms with E-state index in [0.29, 0.717) is 13.2 Å². The maximum Gasteiger partial charge on any atom is 0.159 e. The Morgan fingerprint density at radius 3 is 2.06 bits per heavy atom. The quantitative estimate of drug-likeness (QED) is 0.679. The highest BCUT2D eigenvalue weighted by atomic mass is 16.5. The standard InChI is InChI=1S/C12H20O5/c1-7(13)11-9(5-15-3)10(6-16-4)17-12(11)8(2)14/h9-12H,5-6H2,1-4H3. The fourth-order valence-corrected chi connectivity index (χ4v) is 2.42. The molecule has 0 aromatic heterocycles.